The summed E-state index contributed by atoms with van der Waals surface area (Å²) >= 11 is 0. The van der Waals surface area contributed by atoms with Crippen LogP contribution in [0.5, 0.6) is 0 Å². The second kappa shape index (κ2) is 5.18. The number of aromatic nitrogens is 2. The molecule has 1 aromatic carbocycles. The second-order valence-corrected chi connectivity index (χ2v) is 4.91. The normalized spacial score (nSPS) is 10.6. The lowest BCUT2D eigenvalue weighted by molar-refractivity contribution is -0.693. The van der Waals surface area contributed by atoms with E-state index in [0.717, 1.165) is 23.9 Å². The van der Waals surface area contributed by atoms with E-state index in [1.807, 2.05) is 24.4 Å². The smallest absolute Gasteiger partial charge is 0.172 e. The summed E-state index contributed by atoms with van der Waals surface area (Å²) in [5.74, 6) is 0. The highest BCUT2D eigenvalue weighted by Crippen LogP contribution is 2.21. The molecular weight excluding hydrogens is 246 g/mol. The van der Waals surface area contributed by atoms with E-state index in [0.29, 0.717) is 5.56 Å². The quantitative estimate of drug-likeness (QED) is 0.725. The van der Waals surface area contributed by atoms with E-state index in [2.05, 4.69) is 47.1 Å². The number of nitrogens with one attached hydrogen (secondary N) is 1. The first-order chi connectivity index (χ1) is 9.80. The fourth-order valence-electron chi connectivity index (χ4n) is 2.49. The summed E-state index contributed by atoms with van der Waals surface area (Å²) in [7, 11) is 0. The number of nitrogens with zero attached hydrogens (tertiary/aromatic N) is 2. The molecule has 0 fully saturated rings. The van der Waals surface area contributed by atoms with E-state index in [1.54, 1.807) is 0 Å². The van der Waals surface area contributed by atoms with Crippen LogP contribution in [0.1, 0.15) is 23.6 Å². The van der Waals surface area contributed by atoms with Crippen LogP contribution in [0.2, 0.25) is 0 Å². The molecule has 0 atom stereocenters. The number of pyridine rings is 1. The minimum Gasteiger partial charge on any atom is -0.361 e. The van der Waals surface area contributed by atoms with Crippen LogP contribution in [0.4, 0.5) is 0 Å². The third-order valence-electron chi connectivity index (χ3n) is 3.58. The highest BCUT2D eigenvalue weighted by atomic mass is 14.9. The number of benzene rings is 1. The lowest BCUT2D eigenvalue weighted by atomic mass is 10.0. The maximum atomic E-state index is 9.02. The SMILES string of the molecule is CC[n+]1cccc(Cc2c[nH]c3ccc(C#N)cc23)c1. The molecule has 20 heavy (non-hydrogen) atoms. The summed E-state index contributed by atoms with van der Waals surface area (Å²) in [4.78, 5) is 3.27. The molecule has 0 aliphatic carbocycles. The van der Waals surface area contributed by atoms with Crippen molar-refractivity contribution in [1.82, 2.24) is 4.98 Å². The maximum absolute atomic E-state index is 9.02. The summed E-state index contributed by atoms with van der Waals surface area (Å²) in [6.07, 6.45) is 7.16. The van der Waals surface area contributed by atoms with Gasteiger partial charge in [-0.05, 0) is 36.8 Å². The molecule has 3 rings (SSSR count). The summed E-state index contributed by atoms with van der Waals surface area (Å²) in [5, 5.41) is 10.2. The van der Waals surface area contributed by atoms with Gasteiger partial charge in [-0.3, -0.25) is 0 Å². The Balaban J connectivity index is 2.00. The molecule has 0 spiro atoms. The van der Waals surface area contributed by atoms with E-state index < -0.39 is 0 Å². The fraction of sp³-hybridized carbons (Fsp3) is 0.176. The van der Waals surface area contributed by atoms with Gasteiger partial charge < -0.3 is 4.98 Å². The van der Waals surface area contributed by atoms with Crippen molar-refractivity contribution in [3.05, 3.63) is 65.6 Å². The van der Waals surface area contributed by atoms with Gasteiger partial charge in [-0.1, -0.05) is 0 Å². The Labute approximate surface area is 118 Å². The highest BCUT2D eigenvalue weighted by molar-refractivity contribution is 5.84. The first kappa shape index (κ1) is 12.4. The van der Waals surface area contributed by atoms with Crippen molar-refractivity contribution in [3.63, 3.8) is 0 Å². The Kier molecular flexibility index (Phi) is 3.22. The molecule has 3 heteroatoms. The van der Waals surface area contributed by atoms with E-state index in [9.17, 15) is 0 Å². The largest absolute Gasteiger partial charge is 0.361 e. The summed E-state index contributed by atoms with van der Waals surface area (Å²) < 4.78 is 2.17. The van der Waals surface area contributed by atoms with Crippen LogP contribution < -0.4 is 4.57 Å². The molecule has 0 saturated carbocycles. The van der Waals surface area contributed by atoms with Gasteiger partial charge in [0.2, 0.25) is 0 Å². The molecule has 2 heterocycles. The van der Waals surface area contributed by atoms with Gasteiger partial charge in [-0.25, -0.2) is 4.57 Å². The highest BCUT2D eigenvalue weighted by Gasteiger charge is 2.08. The number of aromatic amines is 1. The Morgan fingerprint density at radius 3 is 3.00 bits per heavy atom. The van der Waals surface area contributed by atoms with Gasteiger partial charge in [0.1, 0.15) is 6.54 Å². The van der Waals surface area contributed by atoms with Gasteiger partial charge in [-0.2, -0.15) is 5.26 Å². The standard InChI is InChI=1S/C17H16N3/c1-2-20-7-3-4-14(12-20)8-15-11-19-17-6-5-13(10-18)9-16(15)17/h3-7,9,11-12,19H,2,8H2,1H3/q+1. The molecule has 0 saturated heterocycles. The molecule has 98 valence electrons. The van der Waals surface area contributed by atoms with E-state index in [-0.39, 0.29) is 0 Å². The van der Waals surface area contributed by atoms with Gasteiger partial charge in [0, 0.05) is 35.2 Å². The minimum absolute atomic E-state index is 0.704. The Morgan fingerprint density at radius 1 is 1.30 bits per heavy atom. The molecular formula is C17H16N3+. The number of aryl methyl sites for hydroxylation is 1. The van der Waals surface area contributed by atoms with Gasteiger partial charge >= 0.3 is 0 Å². The van der Waals surface area contributed by atoms with Crippen LogP contribution in [0.25, 0.3) is 10.9 Å². The summed E-state index contributed by atoms with van der Waals surface area (Å²) in [6.45, 7) is 3.11. The lowest BCUT2D eigenvalue weighted by Crippen LogP contribution is -2.31. The third-order valence-corrected chi connectivity index (χ3v) is 3.58. The molecule has 0 aliphatic heterocycles. The molecule has 0 aliphatic rings. The zero-order valence-electron chi connectivity index (χ0n) is 11.4. The van der Waals surface area contributed by atoms with Crippen molar-refractivity contribution in [3.8, 4) is 6.07 Å². The fourth-order valence-corrected chi connectivity index (χ4v) is 2.49. The van der Waals surface area contributed by atoms with E-state index in [1.165, 1.54) is 11.1 Å². The van der Waals surface area contributed by atoms with Gasteiger partial charge in [0.05, 0.1) is 11.6 Å². The number of nitriles is 1. The Morgan fingerprint density at radius 2 is 2.20 bits per heavy atom. The van der Waals surface area contributed by atoms with Gasteiger partial charge in [0.15, 0.2) is 12.4 Å². The van der Waals surface area contributed by atoms with Crippen LogP contribution in [-0.2, 0) is 13.0 Å². The summed E-state index contributed by atoms with van der Waals surface area (Å²) in [5.41, 5.74) is 4.29. The summed E-state index contributed by atoms with van der Waals surface area (Å²) in [6, 6.07) is 12.2. The predicted octanol–water partition coefficient (Wildman–Crippen LogP) is 2.94. The van der Waals surface area contributed by atoms with Crippen molar-refractivity contribution in [2.75, 3.05) is 0 Å². The number of rotatable bonds is 3. The van der Waals surface area contributed by atoms with Crippen molar-refractivity contribution in [2.24, 2.45) is 0 Å². The molecule has 0 amide bonds. The number of fused-ring (bicyclic) bond motifs is 1. The molecule has 1 N–H and O–H groups in total. The van der Waals surface area contributed by atoms with Crippen LogP contribution in [0, 0.1) is 11.3 Å². The molecule has 0 radical (unpaired) electrons. The van der Waals surface area contributed by atoms with Gasteiger partial charge in [-0.15, -0.1) is 0 Å². The molecule has 0 unspecified atom stereocenters. The van der Waals surface area contributed by atoms with Crippen LogP contribution in [-0.4, -0.2) is 4.98 Å². The topological polar surface area (TPSA) is 43.5 Å². The number of hydrogen-bond donors (Lipinski definition) is 1. The molecule has 2 aromatic heterocycles. The minimum atomic E-state index is 0.704. The molecule has 0 bridgehead atoms. The average Bonchev–Trinajstić information content (AvgIpc) is 2.89. The third kappa shape index (κ3) is 2.28. The first-order valence-electron chi connectivity index (χ1n) is 6.78. The van der Waals surface area contributed by atoms with Crippen molar-refractivity contribution < 1.29 is 4.57 Å². The number of hydrogen-bond acceptors (Lipinski definition) is 1. The van der Waals surface area contributed by atoms with Gasteiger partial charge in [0.25, 0.3) is 0 Å². The Hall–Kier alpha value is -2.60. The van der Waals surface area contributed by atoms with E-state index >= 15 is 0 Å². The first-order valence-corrected chi connectivity index (χ1v) is 6.78. The zero-order valence-corrected chi connectivity index (χ0v) is 11.4. The monoisotopic (exact) mass is 262 g/mol. The van der Waals surface area contributed by atoms with Crippen molar-refractivity contribution in [2.45, 2.75) is 19.9 Å². The van der Waals surface area contributed by atoms with Crippen LogP contribution >= 0.6 is 0 Å². The molecule has 3 nitrogen and oxygen atoms in total. The maximum Gasteiger partial charge on any atom is 0.172 e. The second-order valence-electron chi connectivity index (χ2n) is 4.91. The van der Waals surface area contributed by atoms with Crippen molar-refractivity contribution >= 4 is 10.9 Å². The predicted molar refractivity (Wildman–Crippen MR) is 78.1 cm³/mol. The van der Waals surface area contributed by atoms with Crippen LogP contribution in [0.3, 0.4) is 0 Å². The van der Waals surface area contributed by atoms with Crippen LogP contribution in [0.15, 0.2) is 48.9 Å². The Bertz CT molecular complexity index is 793. The van der Waals surface area contributed by atoms with Crippen molar-refractivity contribution in [1.29, 1.82) is 5.26 Å². The average molecular weight is 262 g/mol. The van der Waals surface area contributed by atoms with E-state index in [4.69, 9.17) is 5.26 Å². The molecule has 3 aromatic rings. The zero-order chi connectivity index (χ0) is 13.9. The lowest BCUT2D eigenvalue weighted by Gasteiger charge is -2.00. The number of H-pyrrole nitrogens is 1.